The minimum absolute atomic E-state index is 0.0459. The van der Waals surface area contributed by atoms with Crippen LogP contribution in [0.25, 0.3) is 5.76 Å². The highest BCUT2D eigenvalue weighted by Crippen LogP contribution is 2.43. The number of nitrogens with zero attached hydrogens (tertiary/aromatic N) is 1. The lowest BCUT2D eigenvalue weighted by atomic mass is 9.94. The minimum atomic E-state index is -0.948. The number of anilines is 1. The number of hydrogen-bond acceptors (Lipinski definition) is 4. The zero-order chi connectivity index (χ0) is 25.9. The van der Waals surface area contributed by atoms with Crippen molar-refractivity contribution in [2.45, 2.75) is 19.4 Å². The van der Waals surface area contributed by atoms with Crippen molar-refractivity contribution in [2.24, 2.45) is 0 Å². The molecule has 4 aromatic carbocycles. The molecule has 1 amide bonds. The van der Waals surface area contributed by atoms with Crippen LogP contribution in [0.2, 0.25) is 0 Å². The summed E-state index contributed by atoms with van der Waals surface area (Å²) in [5, 5.41) is 11.3. The summed E-state index contributed by atoms with van der Waals surface area (Å²) in [6.07, 6.45) is 0.824. The van der Waals surface area contributed by atoms with Gasteiger partial charge in [0.1, 0.15) is 23.1 Å². The lowest BCUT2D eigenvalue weighted by Gasteiger charge is -2.25. The van der Waals surface area contributed by atoms with Gasteiger partial charge < -0.3 is 9.84 Å². The van der Waals surface area contributed by atoms with Crippen LogP contribution in [0, 0.1) is 5.82 Å². The number of halogens is 1. The number of ether oxygens (including phenoxy) is 1. The number of hydrogen-bond donors (Lipinski definition) is 1. The van der Waals surface area contributed by atoms with Crippen molar-refractivity contribution in [3.63, 3.8) is 0 Å². The van der Waals surface area contributed by atoms with E-state index in [-0.39, 0.29) is 11.3 Å². The molecular weight excluding hydrogens is 469 g/mol. The highest BCUT2D eigenvalue weighted by molar-refractivity contribution is 6.51. The summed E-state index contributed by atoms with van der Waals surface area (Å²) in [6.45, 7) is 2.02. The number of aliphatic hydroxyl groups excluding tert-OH is 1. The second-order valence-corrected chi connectivity index (χ2v) is 8.68. The van der Waals surface area contributed by atoms with Gasteiger partial charge in [0.15, 0.2) is 0 Å². The summed E-state index contributed by atoms with van der Waals surface area (Å²) in [4.78, 5) is 27.9. The van der Waals surface area contributed by atoms with Crippen LogP contribution < -0.4 is 9.64 Å². The number of carbonyl (C=O) groups is 2. The molecule has 5 nitrogen and oxygen atoms in total. The molecule has 184 valence electrons. The number of benzene rings is 4. The molecule has 0 aliphatic carbocycles. The molecule has 1 aliphatic heterocycles. The highest BCUT2D eigenvalue weighted by Gasteiger charge is 2.47. The molecule has 37 heavy (non-hydrogen) atoms. The largest absolute Gasteiger partial charge is 0.507 e. The molecule has 6 heteroatoms. The number of aryl methyl sites for hydroxylation is 1. The Morgan fingerprint density at radius 2 is 1.54 bits per heavy atom. The third-order valence-electron chi connectivity index (χ3n) is 6.34. The maximum Gasteiger partial charge on any atom is 0.300 e. The summed E-state index contributed by atoms with van der Waals surface area (Å²) in [7, 11) is 0. The maximum absolute atomic E-state index is 13.7. The Balaban J connectivity index is 1.65. The quantitative estimate of drug-likeness (QED) is 0.182. The van der Waals surface area contributed by atoms with Gasteiger partial charge in [-0.2, -0.15) is 0 Å². The van der Waals surface area contributed by atoms with Gasteiger partial charge in [0, 0.05) is 11.3 Å². The first-order valence-corrected chi connectivity index (χ1v) is 11.9. The predicted molar refractivity (Wildman–Crippen MR) is 140 cm³/mol. The normalized spacial score (nSPS) is 16.7. The van der Waals surface area contributed by atoms with Crippen LogP contribution in [0.5, 0.6) is 11.5 Å². The van der Waals surface area contributed by atoms with E-state index in [9.17, 15) is 19.1 Å². The summed E-state index contributed by atoms with van der Waals surface area (Å²) in [5.41, 5.74) is 2.35. The first-order chi connectivity index (χ1) is 18.0. The van der Waals surface area contributed by atoms with Crippen molar-refractivity contribution in [1.82, 2.24) is 0 Å². The van der Waals surface area contributed by atoms with Crippen molar-refractivity contribution in [3.8, 4) is 11.5 Å². The smallest absolute Gasteiger partial charge is 0.300 e. The molecule has 1 aliphatic rings. The van der Waals surface area contributed by atoms with Crippen molar-refractivity contribution in [2.75, 3.05) is 4.90 Å². The molecule has 1 N–H and O–H groups in total. The number of para-hydroxylation sites is 1. The van der Waals surface area contributed by atoms with E-state index in [1.165, 1.54) is 29.2 Å². The lowest BCUT2D eigenvalue weighted by molar-refractivity contribution is -0.132. The van der Waals surface area contributed by atoms with E-state index < -0.39 is 23.5 Å². The predicted octanol–water partition coefficient (Wildman–Crippen LogP) is 6.81. The first kappa shape index (κ1) is 24.0. The zero-order valence-electron chi connectivity index (χ0n) is 20.1. The van der Waals surface area contributed by atoms with Crippen molar-refractivity contribution >= 4 is 23.1 Å². The van der Waals surface area contributed by atoms with Gasteiger partial charge in [-0.15, -0.1) is 0 Å². The zero-order valence-corrected chi connectivity index (χ0v) is 20.1. The second kappa shape index (κ2) is 10.1. The van der Waals surface area contributed by atoms with Crippen LogP contribution in [-0.4, -0.2) is 16.8 Å². The summed E-state index contributed by atoms with van der Waals surface area (Å²) >= 11 is 0. The Morgan fingerprint density at radius 3 is 2.22 bits per heavy atom. The Morgan fingerprint density at radius 1 is 0.865 bits per heavy atom. The molecule has 1 atom stereocenters. The second-order valence-electron chi connectivity index (χ2n) is 8.68. The fraction of sp³-hybridized carbons (Fsp3) is 0.0968. The number of amides is 1. The fourth-order valence-electron chi connectivity index (χ4n) is 4.44. The monoisotopic (exact) mass is 493 g/mol. The number of ketones is 1. The number of Topliss-reactive ketones (excluding diaryl/α,β-unsaturated/α-hetero) is 1. The molecule has 4 aromatic rings. The van der Waals surface area contributed by atoms with E-state index in [1.807, 2.05) is 49.4 Å². The number of rotatable bonds is 6. The van der Waals surface area contributed by atoms with Gasteiger partial charge >= 0.3 is 0 Å². The highest BCUT2D eigenvalue weighted by atomic mass is 19.1. The molecule has 0 spiro atoms. The van der Waals surface area contributed by atoms with E-state index in [4.69, 9.17) is 4.74 Å². The summed E-state index contributed by atoms with van der Waals surface area (Å²) in [6, 6.07) is 27.8. The van der Waals surface area contributed by atoms with Crippen molar-refractivity contribution in [1.29, 1.82) is 0 Å². The molecular formula is C31H24FNO4. The molecule has 1 heterocycles. The van der Waals surface area contributed by atoms with E-state index in [1.54, 1.807) is 36.4 Å². The molecule has 1 saturated heterocycles. The van der Waals surface area contributed by atoms with Crippen LogP contribution in [0.4, 0.5) is 10.1 Å². The van der Waals surface area contributed by atoms with Gasteiger partial charge in [-0.05, 0) is 66.1 Å². The minimum Gasteiger partial charge on any atom is -0.507 e. The van der Waals surface area contributed by atoms with Crippen LogP contribution in [0.1, 0.15) is 29.7 Å². The molecule has 0 radical (unpaired) electrons. The SMILES string of the molecule is CCc1ccc(/C(O)=C2/C(=O)C(=O)N(c3ccc(F)cc3)C2c2cccc(Oc3ccccc3)c2)cc1. The Bertz CT molecular complexity index is 1480. The van der Waals surface area contributed by atoms with Crippen LogP contribution in [-0.2, 0) is 16.0 Å². The average Bonchev–Trinajstić information content (AvgIpc) is 3.19. The van der Waals surface area contributed by atoms with Crippen LogP contribution in [0.3, 0.4) is 0 Å². The lowest BCUT2D eigenvalue weighted by Crippen LogP contribution is -2.29. The maximum atomic E-state index is 13.7. The molecule has 0 saturated carbocycles. The van der Waals surface area contributed by atoms with E-state index in [0.717, 1.165) is 12.0 Å². The number of aliphatic hydroxyl groups is 1. The van der Waals surface area contributed by atoms with Gasteiger partial charge in [-0.1, -0.05) is 61.5 Å². The average molecular weight is 494 g/mol. The van der Waals surface area contributed by atoms with Crippen molar-refractivity contribution in [3.05, 3.63) is 131 Å². The molecule has 1 fully saturated rings. The standard InChI is InChI=1S/C31H24FNO4/c1-2-20-11-13-21(14-12-20)29(34)27-28(33(31(36)30(27)35)24-17-15-23(32)16-18-24)22-7-6-10-26(19-22)37-25-8-4-3-5-9-25/h3-19,28,34H,2H2,1H3/b29-27-. The topological polar surface area (TPSA) is 66.8 Å². The Hall–Kier alpha value is -4.71. The van der Waals surface area contributed by atoms with Crippen molar-refractivity contribution < 1.29 is 23.8 Å². The van der Waals surface area contributed by atoms with Gasteiger partial charge in [-0.3, -0.25) is 14.5 Å². The van der Waals surface area contributed by atoms with Gasteiger partial charge in [0.05, 0.1) is 11.6 Å². The van der Waals surface area contributed by atoms with Gasteiger partial charge in [0.25, 0.3) is 11.7 Å². The summed E-state index contributed by atoms with van der Waals surface area (Å²) < 4.78 is 19.7. The molecule has 5 rings (SSSR count). The Kier molecular flexibility index (Phi) is 6.56. The first-order valence-electron chi connectivity index (χ1n) is 11.9. The third kappa shape index (κ3) is 4.74. The number of carbonyl (C=O) groups excluding carboxylic acids is 2. The van der Waals surface area contributed by atoms with E-state index in [2.05, 4.69) is 0 Å². The van der Waals surface area contributed by atoms with Gasteiger partial charge in [-0.25, -0.2) is 4.39 Å². The van der Waals surface area contributed by atoms with Crippen LogP contribution >= 0.6 is 0 Å². The van der Waals surface area contributed by atoms with Crippen LogP contribution in [0.15, 0.2) is 109 Å². The van der Waals surface area contributed by atoms with E-state index in [0.29, 0.717) is 28.3 Å². The fourth-order valence-corrected chi connectivity index (χ4v) is 4.44. The summed E-state index contributed by atoms with van der Waals surface area (Å²) in [5.74, 6) is -1.24. The Labute approximate surface area is 214 Å². The molecule has 0 aromatic heterocycles. The van der Waals surface area contributed by atoms with Gasteiger partial charge in [0.2, 0.25) is 0 Å². The molecule has 0 bridgehead atoms. The molecule has 1 unspecified atom stereocenters. The third-order valence-corrected chi connectivity index (χ3v) is 6.34. The van der Waals surface area contributed by atoms with E-state index >= 15 is 0 Å².